The van der Waals surface area contributed by atoms with Crippen molar-refractivity contribution in [3.05, 3.63) is 43.1 Å². The molecule has 0 bridgehead atoms. The summed E-state index contributed by atoms with van der Waals surface area (Å²) >= 11 is 1.79. The minimum atomic E-state index is -0.586. The first kappa shape index (κ1) is 14.8. The van der Waals surface area contributed by atoms with Crippen molar-refractivity contribution in [2.24, 2.45) is 0 Å². The minimum absolute atomic E-state index is 0.0681. The predicted molar refractivity (Wildman–Crippen MR) is 90.1 cm³/mol. The van der Waals surface area contributed by atoms with Crippen molar-refractivity contribution in [2.45, 2.75) is 0 Å². The van der Waals surface area contributed by atoms with Gasteiger partial charge in [-0.3, -0.25) is 14.9 Å². The van der Waals surface area contributed by atoms with Crippen LogP contribution in [0.5, 0.6) is 0 Å². The number of hydrogen-bond donors (Lipinski definition) is 2. The minimum Gasteiger partial charge on any atom is -0.364 e. The zero-order valence-corrected chi connectivity index (χ0v) is 13.1. The first-order valence-electron chi connectivity index (χ1n) is 7.20. The van der Waals surface area contributed by atoms with Crippen molar-refractivity contribution in [3.63, 3.8) is 0 Å². The molecule has 2 N–H and O–H groups in total. The van der Waals surface area contributed by atoms with Crippen molar-refractivity contribution in [2.75, 3.05) is 29.5 Å². The van der Waals surface area contributed by atoms with E-state index in [0.717, 1.165) is 15.9 Å². The van der Waals surface area contributed by atoms with Gasteiger partial charge in [-0.15, -0.1) is 5.10 Å². The highest BCUT2D eigenvalue weighted by molar-refractivity contribution is 7.99. The van der Waals surface area contributed by atoms with E-state index in [4.69, 9.17) is 0 Å². The Morgan fingerprint density at radius 2 is 2.00 bits per heavy atom. The van der Waals surface area contributed by atoms with Crippen LogP contribution in [-0.4, -0.2) is 49.1 Å². The summed E-state index contributed by atoms with van der Waals surface area (Å²) in [6, 6.07) is 2.87. The molecule has 0 unspecified atom stereocenters. The van der Waals surface area contributed by atoms with Gasteiger partial charge in [-0.1, -0.05) is 0 Å². The van der Waals surface area contributed by atoms with Crippen molar-refractivity contribution in [1.29, 1.82) is 0 Å². The lowest BCUT2D eigenvalue weighted by Crippen LogP contribution is -2.33. The second-order valence-electron chi connectivity index (χ2n) is 5.36. The lowest BCUT2D eigenvalue weighted by Gasteiger charge is -2.28. The Balaban J connectivity index is 2.08. The summed E-state index contributed by atoms with van der Waals surface area (Å²) < 4.78 is 1.14. The molecule has 11 heteroatoms. The summed E-state index contributed by atoms with van der Waals surface area (Å²) in [7, 11) is 0. The normalized spacial score (nSPS) is 15.2. The number of benzene rings is 1. The number of nitrogens with zero attached hydrogens (tertiary/aromatic N) is 4. The molecule has 3 aromatic rings. The van der Waals surface area contributed by atoms with Crippen LogP contribution in [0.2, 0.25) is 0 Å². The fraction of sp³-hybridized carbons (Fsp3) is 0.308. The maximum Gasteiger partial charge on any atom is 0.348 e. The van der Waals surface area contributed by atoms with Crippen LogP contribution in [0.3, 0.4) is 0 Å². The van der Waals surface area contributed by atoms with E-state index in [1.807, 2.05) is 4.90 Å². The molecule has 1 aliphatic rings. The Labute approximate surface area is 137 Å². The third-order valence-corrected chi connectivity index (χ3v) is 4.95. The van der Waals surface area contributed by atoms with Gasteiger partial charge in [0.15, 0.2) is 0 Å². The van der Waals surface area contributed by atoms with Crippen LogP contribution < -0.4 is 16.1 Å². The summed E-state index contributed by atoms with van der Waals surface area (Å²) in [6.45, 7) is 1.37. The van der Waals surface area contributed by atoms with Gasteiger partial charge in [0.05, 0.1) is 16.0 Å². The van der Waals surface area contributed by atoms with Gasteiger partial charge in [0.25, 0.3) is 11.2 Å². The Morgan fingerprint density at radius 3 is 2.71 bits per heavy atom. The van der Waals surface area contributed by atoms with E-state index in [-0.39, 0.29) is 16.9 Å². The number of aromatic nitrogens is 4. The molecule has 0 aliphatic carbocycles. The standard InChI is InChI=1S/C13H12N6O4S/c20-12-11-15-16-13(21)18(11)8-6-9(17-1-3-24-4-2-17)10(19(22)23)5-7(8)14-12/h5-6H,1-4H2,(H,14,20)(H,16,21). The first-order chi connectivity index (χ1) is 11.6. The van der Waals surface area contributed by atoms with Crippen molar-refractivity contribution >= 4 is 39.8 Å². The summed E-state index contributed by atoms with van der Waals surface area (Å²) in [6.07, 6.45) is 0. The van der Waals surface area contributed by atoms with Gasteiger partial charge in [0, 0.05) is 30.7 Å². The Hall–Kier alpha value is -2.82. The average Bonchev–Trinajstić information content (AvgIpc) is 2.97. The molecule has 1 fully saturated rings. The quantitative estimate of drug-likeness (QED) is 0.504. The zero-order valence-electron chi connectivity index (χ0n) is 12.3. The van der Waals surface area contributed by atoms with E-state index in [1.54, 1.807) is 17.8 Å². The van der Waals surface area contributed by atoms with Crippen LogP contribution in [-0.2, 0) is 0 Å². The van der Waals surface area contributed by atoms with Crippen LogP contribution in [0.15, 0.2) is 21.7 Å². The zero-order chi connectivity index (χ0) is 16.8. The fourth-order valence-corrected chi connectivity index (χ4v) is 3.81. The molecule has 24 heavy (non-hydrogen) atoms. The SMILES string of the molecule is O=c1[nH]c2cc([N+](=O)[O-])c(N3CCSCC3)cc2n2c(=O)[nH]nc12. The molecule has 0 radical (unpaired) electrons. The summed E-state index contributed by atoms with van der Waals surface area (Å²) in [4.78, 5) is 39.5. The van der Waals surface area contributed by atoms with Crippen LogP contribution >= 0.6 is 11.8 Å². The van der Waals surface area contributed by atoms with Gasteiger partial charge in [0.2, 0.25) is 5.65 Å². The number of rotatable bonds is 2. The summed E-state index contributed by atoms with van der Waals surface area (Å²) in [5.74, 6) is 1.75. The monoisotopic (exact) mass is 348 g/mol. The van der Waals surface area contributed by atoms with E-state index in [9.17, 15) is 19.7 Å². The number of nitro groups is 1. The van der Waals surface area contributed by atoms with Crippen molar-refractivity contribution in [3.8, 4) is 0 Å². The van der Waals surface area contributed by atoms with Crippen LogP contribution in [0.25, 0.3) is 16.7 Å². The Kier molecular flexibility index (Phi) is 3.30. The predicted octanol–water partition coefficient (Wildman–Crippen LogP) is 0.325. The molecule has 1 aromatic carbocycles. The molecule has 4 rings (SSSR count). The second kappa shape index (κ2) is 5.37. The number of aromatic amines is 2. The number of hydrogen-bond acceptors (Lipinski definition) is 7. The van der Waals surface area contributed by atoms with Crippen molar-refractivity contribution < 1.29 is 4.92 Å². The Bertz CT molecular complexity index is 1080. The van der Waals surface area contributed by atoms with E-state index in [0.29, 0.717) is 24.3 Å². The summed E-state index contributed by atoms with van der Waals surface area (Å²) in [5.41, 5.74) is -0.274. The van der Waals surface area contributed by atoms with Gasteiger partial charge in [-0.05, 0) is 6.07 Å². The lowest BCUT2D eigenvalue weighted by molar-refractivity contribution is -0.384. The van der Waals surface area contributed by atoms with Gasteiger partial charge in [-0.25, -0.2) is 14.3 Å². The van der Waals surface area contributed by atoms with E-state index in [1.165, 1.54) is 6.07 Å². The maximum atomic E-state index is 12.0. The topological polar surface area (TPSA) is 129 Å². The third kappa shape index (κ3) is 2.16. The molecule has 2 aromatic heterocycles. The largest absolute Gasteiger partial charge is 0.364 e. The van der Waals surface area contributed by atoms with E-state index in [2.05, 4.69) is 15.2 Å². The first-order valence-corrected chi connectivity index (χ1v) is 8.36. The average molecular weight is 348 g/mol. The maximum absolute atomic E-state index is 12.0. The van der Waals surface area contributed by atoms with Gasteiger partial charge >= 0.3 is 5.69 Å². The van der Waals surface area contributed by atoms with Crippen LogP contribution in [0, 0.1) is 10.1 Å². The van der Waals surface area contributed by atoms with Crippen LogP contribution in [0.1, 0.15) is 0 Å². The molecule has 1 aliphatic heterocycles. The molecule has 0 saturated carbocycles. The smallest absolute Gasteiger partial charge is 0.348 e. The molecule has 3 heterocycles. The molecule has 0 atom stereocenters. The number of anilines is 1. The number of fused-ring (bicyclic) bond motifs is 3. The van der Waals surface area contributed by atoms with Gasteiger partial charge < -0.3 is 9.88 Å². The molecule has 0 spiro atoms. The lowest BCUT2D eigenvalue weighted by atomic mass is 10.2. The van der Waals surface area contributed by atoms with Crippen LogP contribution in [0.4, 0.5) is 11.4 Å². The van der Waals surface area contributed by atoms with E-state index < -0.39 is 16.2 Å². The second-order valence-corrected chi connectivity index (χ2v) is 6.58. The number of nitro benzene ring substituents is 1. The number of nitrogens with one attached hydrogen (secondary N) is 2. The van der Waals surface area contributed by atoms with Gasteiger partial charge in [0.1, 0.15) is 5.69 Å². The molecular formula is C13H12N6O4S. The molecule has 1 saturated heterocycles. The molecule has 0 amide bonds. The highest BCUT2D eigenvalue weighted by atomic mass is 32.2. The molecule has 10 nitrogen and oxygen atoms in total. The number of H-pyrrole nitrogens is 2. The highest BCUT2D eigenvalue weighted by Crippen LogP contribution is 2.33. The third-order valence-electron chi connectivity index (χ3n) is 4.01. The van der Waals surface area contributed by atoms with E-state index >= 15 is 0 Å². The van der Waals surface area contributed by atoms with Gasteiger partial charge in [-0.2, -0.15) is 11.8 Å². The number of thioether (sulfide) groups is 1. The fourth-order valence-electron chi connectivity index (χ4n) is 2.91. The van der Waals surface area contributed by atoms with Crippen molar-refractivity contribution in [1.82, 2.24) is 19.6 Å². The highest BCUT2D eigenvalue weighted by Gasteiger charge is 2.24. The Morgan fingerprint density at radius 1 is 1.25 bits per heavy atom. The summed E-state index contributed by atoms with van der Waals surface area (Å²) in [5, 5.41) is 17.4. The molecule has 124 valence electrons. The molecular weight excluding hydrogens is 336 g/mol.